The number of ether oxygens (including phenoxy) is 3. The summed E-state index contributed by atoms with van der Waals surface area (Å²) in [6, 6.07) is 4.46. The van der Waals surface area contributed by atoms with Gasteiger partial charge in [0, 0.05) is 6.42 Å². The lowest BCUT2D eigenvalue weighted by molar-refractivity contribution is -0.197. The molecule has 0 bridgehead atoms. The number of hydrogen-bond acceptors (Lipinski definition) is 9. The van der Waals surface area contributed by atoms with Gasteiger partial charge in [-0.15, -0.1) is 0 Å². The number of carbonyl (C=O) groups is 3. The molecule has 0 aliphatic heterocycles. The lowest BCUT2D eigenvalue weighted by Crippen LogP contribution is -2.58. The van der Waals surface area contributed by atoms with E-state index in [1.54, 1.807) is 13.0 Å². The monoisotopic (exact) mass is 622 g/mol. The second-order valence-corrected chi connectivity index (χ2v) is 15.1. The molecule has 0 saturated carbocycles. The van der Waals surface area contributed by atoms with Gasteiger partial charge in [-0.1, -0.05) is 54.5 Å². The van der Waals surface area contributed by atoms with Gasteiger partial charge in [0.15, 0.2) is 0 Å². The van der Waals surface area contributed by atoms with Crippen molar-refractivity contribution in [3.05, 3.63) is 29.3 Å². The van der Waals surface area contributed by atoms with Crippen molar-refractivity contribution in [3.8, 4) is 5.75 Å². The van der Waals surface area contributed by atoms with E-state index in [1.165, 1.54) is 17.6 Å². The number of phenolic OH excluding ortho intramolecular Hbond substituents is 1. The fraction of sp³-hybridized carbons (Fsp3) is 0.735. The summed E-state index contributed by atoms with van der Waals surface area (Å²) in [7, 11) is 0. The molecule has 0 aliphatic rings. The highest BCUT2D eigenvalue weighted by atomic mass is 16.6. The summed E-state index contributed by atoms with van der Waals surface area (Å²) in [5.74, 6) is -2.18. The minimum atomic E-state index is -1.00. The van der Waals surface area contributed by atoms with E-state index in [9.17, 15) is 19.5 Å². The predicted octanol–water partition coefficient (Wildman–Crippen LogP) is 6.45. The van der Waals surface area contributed by atoms with Crippen LogP contribution in [0.5, 0.6) is 5.75 Å². The SMILES string of the molecule is CCC(C)(C(=O)OC(C)N)C(C)(C)C(C)C(C)(C(=O)OC(C)(C)CCOC(C)(C)c1ccc(C(=O)NO)c(O)c1)C(C)(C)C. The molecule has 5 N–H and O–H groups in total. The van der Waals surface area contributed by atoms with Crippen LogP contribution < -0.4 is 11.2 Å². The second-order valence-electron chi connectivity index (χ2n) is 15.1. The summed E-state index contributed by atoms with van der Waals surface area (Å²) >= 11 is 0. The molecule has 252 valence electrons. The first-order valence-corrected chi connectivity index (χ1v) is 15.4. The lowest BCUT2D eigenvalue weighted by atomic mass is 9.48. The first-order chi connectivity index (χ1) is 19.7. The molecule has 4 atom stereocenters. The highest BCUT2D eigenvalue weighted by Gasteiger charge is 2.60. The summed E-state index contributed by atoms with van der Waals surface area (Å²) in [6.45, 7) is 26.9. The van der Waals surface area contributed by atoms with E-state index in [-0.39, 0.29) is 29.8 Å². The van der Waals surface area contributed by atoms with Crippen molar-refractivity contribution in [2.45, 2.75) is 127 Å². The Morgan fingerprint density at radius 3 is 1.91 bits per heavy atom. The smallest absolute Gasteiger partial charge is 0.313 e. The summed E-state index contributed by atoms with van der Waals surface area (Å²) in [4.78, 5) is 39.3. The Labute approximate surface area is 264 Å². The number of hydrogen-bond donors (Lipinski definition) is 4. The van der Waals surface area contributed by atoms with Gasteiger partial charge in [0.2, 0.25) is 0 Å². The molecule has 1 rings (SSSR count). The summed E-state index contributed by atoms with van der Waals surface area (Å²) < 4.78 is 17.9. The number of benzene rings is 1. The van der Waals surface area contributed by atoms with Gasteiger partial charge >= 0.3 is 11.9 Å². The number of esters is 2. The minimum absolute atomic E-state index is 0.0653. The maximum absolute atomic E-state index is 14.2. The van der Waals surface area contributed by atoms with E-state index in [0.29, 0.717) is 18.4 Å². The number of hydroxylamine groups is 1. The van der Waals surface area contributed by atoms with Gasteiger partial charge in [0.25, 0.3) is 5.91 Å². The van der Waals surface area contributed by atoms with Crippen molar-refractivity contribution in [2.75, 3.05) is 6.61 Å². The van der Waals surface area contributed by atoms with Crippen LogP contribution in [0.3, 0.4) is 0 Å². The van der Waals surface area contributed by atoms with Gasteiger partial charge in [0.05, 0.1) is 28.6 Å². The summed E-state index contributed by atoms with van der Waals surface area (Å²) in [5, 5.41) is 19.1. The van der Waals surface area contributed by atoms with Gasteiger partial charge < -0.3 is 19.3 Å². The first kappa shape index (κ1) is 39.3. The van der Waals surface area contributed by atoms with E-state index < -0.39 is 51.0 Å². The molecule has 0 aliphatic carbocycles. The van der Waals surface area contributed by atoms with E-state index in [4.69, 9.17) is 25.2 Å². The zero-order chi connectivity index (χ0) is 34.7. The van der Waals surface area contributed by atoms with Crippen LogP contribution in [-0.4, -0.2) is 46.6 Å². The molecule has 1 aromatic rings. The van der Waals surface area contributed by atoms with Gasteiger partial charge in [0.1, 0.15) is 17.6 Å². The number of aromatic hydroxyl groups is 1. The molecule has 0 radical (unpaired) electrons. The van der Waals surface area contributed by atoms with Crippen LogP contribution >= 0.6 is 0 Å². The van der Waals surface area contributed by atoms with Crippen LogP contribution in [0.4, 0.5) is 0 Å². The van der Waals surface area contributed by atoms with Crippen molar-refractivity contribution in [1.82, 2.24) is 5.48 Å². The Morgan fingerprint density at radius 2 is 1.48 bits per heavy atom. The Hall–Kier alpha value is -2.69. The number of nitrogens with one attached hydrogen (secondary N) is 1. The van der Waals surface area contributed by atoms with Crippen LogP contribution in [0.25, 0.3) is 0 Å². The summed E-state index contributed by atoms with van der Waals surface area (Å²) in [6.07, 6.45) is 0.132. The third-order valence-corrected chi connectivity index (χ3v) is 10.4. The Kier molecular flexibility index (Phi) is 12.3. The van der Waals surface area contributed by atoms with Crippen LogP contribution in [0.1, 0.15) is 126 Å². The summed E-state index contributed by atoms with van der Waals surface area (Å²) in [5.41, 5.74) is 2.99. The third-order valence-electron chi connectivity index (χ3n) is 10.4. The maximum atomic E-state index is 14.2. The standard InChI is InChI=1S/C34H58N2O8/c1-15-33(13,27(39)43-22(3)35)31(9,10)21(2)34(14,29(4,5)6)28(40)44-30(7,8)18-19-42-32(11,12)23-16-17-24(25(37)20-23)26(38)36-41/h16-17,20-22,37,41H,15,18-19,35H2,1-14H3,(H,36,38). The molecule has 0 spiro atoms. The van der Waals surface area contributed by atoms with Crippen LogP contribution in [0.15, 0.2) is 18.2 Å². The van der Waals surface area contributed by atoms with Crippen LogP contribution in [0, 0.1) is 27.6 Å². The minimum Gasteiger partial charge on any atom is -0.507 e. The average Bonchev–Trinajstić information content (AvgIpc) is 2.89. The molecule has 0 heterocycles. The molecule has 10 nitrogen and oxygen atoms in total. The molecular formula is C34H58N2O8. The van der Waals surface area contributed by atoms with Gasteiger partial charge in [-0.3, -0.25) is 25.3 Å². The molecular weight excluding hydrogens is 564 g/mol. The predicted molar refractivity (Wildman–Crippen MR) is 170 cm³/mol. The van der Waals surface area contributed by atoms with Crippen molar-refractivity contribution >= 4 is 17.8 Å². The fourth-order valence-corrected chi connectivity index (χ4v) is 5.70. The van der Waals surface area contributed by atoms with Crippen molar-refractivity contribution < 1.29 is 38.9 Å². The molecule has 0 aromatic heterocycles. The zero-order valence-corrected chi connectivity index (χ0v) is 29.4. The molecule has 1 amide bonds. The number of carbonyl (C=O) groups excluding carboxylic acids is 3. The quantitative estimate of drug-likeness (QED) is 0.0791. The second kappa shape index (κ2) is 13.7. The number of amides is 1. The highest BCUT2D eigenvalue weighted by molar-refractivity contribution is 5.96. The van der Waals surface area contributed by atoms with Crippen molar-refractivity contribution in [3.63, 3.8) is 0 Å². The lowest BCUT2D eigenvalue weighted by Gasteiger charge is -2.55. The molecule has 10 heteroatoms. The van der Waals surface area contributed by atoms with E-state index >= 15 is 0 Å². The Morgan fingerprint density at radius 1 is 0.932 bits per heavy atom. The van der Waals surface area contributed by atoms with E-state index in [0.717, 1.165) is 0 Å². The normalized spacial score (nSPS) is 17.1. The molecule has 1 aromatic carbocycles. The van der Waals surface area contributed by atoms with Gasteiger partial charge in [-0.05, 0) is 89.3 Å². The number of rotatable bonds is 14. The fourth-order valence-electron chi connectivity index (χ4n) is 5.70. The highest BCUT2D eigenvalue weighted by Crippen LogP contribution is 2.58. The van der Waals surface area contributed by atoms with Crippen LogP contribution in [-0.2, 0) is 29.4 Å². The molecule has 0 saturated heterocycles. The first-order valence-electron chi connectivity index (χ1n) is 15.4. The Balaban J connectivity index is 3.22. The third kappa shape index (κ3) is 8.12. The number of phenols is 1. The van der Waals surface area contributed by atoms with E-state index in [1.807, 2.05) is 90.0 Å². The number of nitrogens with two attached hydrogens (primary N) is 1. The maximum Gasteiger partial charge on any atom is 0.313 e. The topological polar surface area (TPSA) is 157 Å². The molecule has 44 heavy (non-hydrogen) atoms. The average molecular weight is 623 g/mol. The van der Waals surface area contributed by atoms with Crippen LogP contribution in [0.2, 0.25) is 0 Å². The molecule has 4 unspecified atom stereocenters. The molecule has 0 fully saturated rings. The Bertz CT molecular complexity index is 1180. The van der Waals surface area contributed by atoms with Crippen molar-refractivity contribution in [1.29, 1.82) is 0 Å². The van der Waals surface area contributed by atoms with Crippen molar-refractivity contribution in [2.24, 2.45) is 33.3 Å². The van der Waals surface area contributed by atoms with Gasteiger partial charge in [-0.2, -0.15) is 0 Å². The zero-order valence-electron chi connectivity index (χ0n) is 29.4. The van der Waals surface area contributed by atoms with Gasteiger partial charge in [-0.25, -0.2) is 5.48 Å². The largest absolute Gasteiger partial charge is 0.507 e. The van der Waals surface area contributed by atoms with E-state index in [2.05, 4.69) is 0 Å².